The molecule has 1 aromatic rings. The zero-order chi connectivity index (χ0) is 18.1. The maximum atomic E-state index is 13.1. The molecule has 0 unspecified atom stereocenters. The number of fused-ring (bicyclic) bond motifs is 1. The van der Waals surface area contributed by atoms with E-state index in [1.807, 2.05) is 6.07 Å². The average Bonchev–Trinajstić information content (AvgIpc) is 3.24. The van der Waals surface area contributed by atoms with Gasteiger partial charge < -0.3 is 16.0 Å². The van der Waals surface area contributed by atoms with Crippen molar-refractivity contribution in [2.45, 2.75) is 18.9 Å². The Balaban J connectivity index is 1.44. The van der Waals surface area contributed by atoms with E-state index in [-0.39, 0.29) is 23.8 Å². The fraction of sp³-hybridized carbons (Fsp3) is 0.600. The molecule has 0 saturated carbocycles. The molecule has 0 radical (unpaired) electrons. The van der Waals surface area contributed by atoms with E-state index in [2.05, 4.69) is 39.4 Å². The van der Waals surface area contributed by atoms with Gasteiger partial charge in [-0.3, -0.25) is 14.5 Å². The number of carbonyl (C=O) groups excluding carboxylic acids is 2. The van der Waals surface area contributed by atoms with Crippen LogP contribution in [-0.2, 0) is 9.59 Å². The van der Waals surface area contributed by atoms with Crippen LogP contribution in [0.4, 0.5) is 0 Å². The molecule has 3 atom stereocenters. The van der Waals surface area contributed by atoms with Gasteiger partial charge in [0.25, 0.3) is 0 Å². The Morgan fingerprint density at radius 3 is 2.54 bits per heavy atom. The molecule has 3 N–H and O–H groups in total. The highest BCUT2D eigenvalue weighted by Gasteiger charge is 2.46. The van der Waals surface area contributed by atoms with E-state index in [9.17, 15) is 9.59 Å². The smallest absolute Gasteiger partial charge is 0.237 e. The summed E-state index contributed by atoms with van der Waals surface area (Å²) in [4.78, 5) is 28.7. The summed E-state index contributed by atoms with van der Waals surface area (Å²) >= 11 is 0. The van der Waals surface area contributed by atoms with Gasteiger partial charge in [0.2, 0.25) is 11.8 Å². The Bertz CT molecular complexity index is 657. The Kier molecular flexibility index (Phi) is 4.96. The van der Waals surface area contributed by atoms with Crippen LogP contribution in [0.2, 0.25) is 0 Å². The van der Waals surface area contributed by atoms with Crippen molar-refractivity contribution < 1.29 is 9.59 Å². The summed E-state index contributed by atoms with van der Waals surface area (Å²) in [5.41, 5.74) is 6.65. The van der Waals surface area contributed by atoms with E-state index >= 15 is 0 Å². The number of rotatable bonds is 4. The molecule has 140 valence electrons. The molecule has 26 heavy (non-hydrogen) atoms. The molecule has 6 heteroatoms. The summed E-state index contributed by atoms with van der Waals surface area (Å²) in [5, 5.41) is 3.49. The maximum absolute atomic E-state index is 13.1. The third-order valence-corrected chi connectivity index (χ3v) is 6.37. The monoisotopic (exact) mass is 356 g/mol. The molecule has 0 bridgehead atoms. The quantitative estimate of drug-likeness (QED) is 0.828. The molecule has 0 aromatic heterocycles. The minimum Gasteiger partial charge on any atom is -0.369 e. The van der Waals surface area contributed by atoms with Crippen molar-refractivity contribution in [2.24, 2.45) is 23.5 Å². The average molecular weight is 356 g/mol. The lowest BCUT2D eigenvalue weighted by Gasteiger charge is -2.33. The molecule has 3 heterocycles. The summed E-state index contributed by atoms with van der Waals surface area (Å²) in [6, 6.07) is 10.6. The topological polar surface area (TPSA) is 78.7 Å². The van der Waals surface area contributed by atoms with Crippen LogP contribution in [-0.4, -0.2) is 60.9 Å². The second-order valence-electron chi connectivity index (χ2n) is 7.94. The zero-order valence-corrected chi connectivity index (χ0v) is 15.1. The van der Waals surface area contributed by atoms with Gasteiger partial charge in [-0.2, -0.15) is 0 Å². The lowest BCUT2D eigenvalue weighted by molar-refractivity contribution is -0.134. The van der Waals surface area contributed by atoms with E-state index in [1.165, 1.54) is 5.56 Å². The van der Waals surface area contributed by atoms with E-state index in [0.717, 1.165) is 45.6 Å². The van der Waals surface area contributed by atoms with Crippen LogP contribution in [0.15, 0.2) is 30.3 Å². The van der Waals surface area contributed by atoms with Crippen molar-refractivity contribution in [3.8, 4) is 0 Å². The number of likely N-dealkylation sites (tertiary alicyclic amines) is 2. The highest BCUT2D eigenvalue weighted by atomic mass is 16.2. The highest BCUT2D eigenvalue weighted by Crippen LogP contribution is 2.42. The van der Waals surface area contributed by atoms with Gasteiger partial charge in [-0.05, 0) is 37.4 Å². The standard InChI is InChI=1S/C20H28N4O2/c21-20(26)15-6-8-23(9-7-15)13-18(25)24-12-16-10-22-11-17(16)19(24)14-4-2-1-3-5-14/h1-5,15-17,19,22H,6-13H2,(H2,21,26)/t16-,17-,19-/m0/s1. The van der Waals surface area contributed by atoms with Crippen molar-refractivity contribution in [3.63, 3.8) is 0 Å². The number of hydrogen-bond acceptors (Lipinski definition) is 4. The van der Waals surface area contributed by atoms with E-state index < -0.39 is 0 Å². The van der Waals surface area contributed by atoms with Crippen molar-refractivity contribution in [2.75, 3.05) is 39.3 Å². The Morgan fingerprint density at radius 1 is 1.12 bits per heavy atom. The van der Waals surface area contributed by atoms with Gasteiger partial charge in [0.1, 0.15) is 0 Å². The van der Waals surface area contributed by atoms with Crippen molar-refractivity contribution in [1.82, 2.24) is 15.1 Å². The van der Waals surface area contributed by atoms with Crippen LogP contribution in [0.25, 0.3) is 0 Å². The van der Waals surface area contributed by atoms with Gasteiger partial charge in [0.15, 0.2) is 0 Å². The molecule has 2 amide bonds. The fourth-order valence-electron chi connectivity index (χ4n) is 4.91. The third kappa shape index (κ3) is 3.35. The predicted octanol–water partition coefficient (Wildman–Crippen LogP) is 0.603. The highest BCUT2D eigenvalue weighted by molar-refractivity contribution is 5.79. The summed E-state index contributed by atoms with van der Waals surface area (Å²) in [7, 11) is 0. The second-order valence-corrected chi connectivity index (χ2v) is 7.94. The minimum atomic E-state index is -0.208. The summed E-state index contributed by atoms with van der Waals surface area (Å²) in [6.45, 7) is 4.82. The SMILES string of the molecule is NC(=O)C1CCN(CC(=O)N2C[C@@H]3CNC[C@@H]3[C@@H]2c2ccccc2)CC1. The third-order valence-electron chi connectivity index (χ3n) is 6.37. The number of primary amides is 1. The van der Waals surface area contributed by atoms with E-state index in [0.29, 0.717) is 18.4 Å². The summed E-state index contributed by atoms with van der Waals surface area (Å²) in [5.74, 6) is 1.02. The number of piperidine rings is 1. The number of nitrogens with two attached hydrogens (primary N) is 1. The molecule has 3 saturated heterocycles. The Labute approximate surface area is 154 Å². The fourth-order valence-corrected chi connectivity index (χ4v) is 4.91. The first-order valence-corrected chi connectivity index (χ1v) is 9.70. The lowest BCUT2D eigenvalue weighted by Crippen LogP contribution is -2.45. The van der Waals surface area contributed by atoms with Crippen LogP contribution >= 0.6 is 0 Å². The normalized spacial score (nSPS) is 29.7. The van der Waals surface area contributed by atoms with E-state index in [4.69, 9.17) is 5.73 Å². The van der Waals surface area contributed by atoms with Crippen LogP contribution in [0.3, 0.4) is 0 Å². The Hall–Kier alpha value is -1.92. The lowest BCUT2D eigenvalue weighted by atomic mass is 9.89. The number of nitrogens with one attached hydrogen (secondary N) is 1. The second kappa shape index (κ2) is 7.37. The van der Waals surface area contributed by atoms with Gasteiger partial charge in [-0.1, -0.05) is 30.3 Å². The van der Waals surface area contributed by atoms with Crippen LogP contribution < -0.4 is 11.1 Å². The number of nitrogens with zero attached hydrogens (tertiary/aromatic N) is 2. The van der Waals surface area contributed by atoms with Gasteiger partial charge in [0.05, 0.1) is 12.6 Å². The number of hydrogen-bond donors (Lipinski definition) is 2. The van der Waals surface area contributed by atoms with Crippen LogP contribution in [0.5, 0.6) is 0 Å². The van der Waals surface area contributed by atoms with Gasteiger partial charge in [0, 0.05) is 31.5 Å². The first-order valence-electron chi connectivity index (χ1n) is 9.70. The zero-order valence-electron chi connectivity index (χ0n) is 15.1. The molecule has 0 aliphatic carbocycles. The first-order chi connectivity index (χ1) is 12.6. The number of amides is 2. The van der Waals surface area contributed by atoms with Gasteiger partial charge >= 0.3 is 0 Å². The summed E-state index contributed by atoms with van der Waals surface area (Å²) < 4.78 is 0. The van der Waals surface area contributed by atoms with Crippen LogP contribution in [0.1, 0.15) is 24.4 Å². The largest absolute Gasteiger partial charge is 0.369 e. The van der Waals surface area contributed by atoms with E-state index in [1.54, 1.807) is 0 Å². The van der Waals surface area contributed by atoms with Crippen molar-refractivity contribution >= 4 is 11.8 Å². The predicted molar refractivity (Wildman–Crippen MR) is 99.1 cm³/mol. The number of benzene rings is 1. The molecular formula is C20H28N4O2. The molecule has 3 aliphatic rings. The summed E-state index contributed by atoms with van der Waals surface area (Å²) in [6.07, 6.45) is 1.53. The molecule has 1 aromatic carbocycles. The van der Waals surface area contributed by atoms with Crippen molar-refractivity contribution in [3.05, 3.63) is 35.9 Å². The first kappa shape index (κ1) is 17.5. The maximum Gasteiger partial charge on any atom is 0.237 e. The molecule has 4 rings (SSSR count). The number of carbonyl (C=O) groups is 2. The molecule has 6 nitrogen and oxygen atoms in total. The molecular weight excluding hydrogens is 328 g/mol. The van der Waals surface area contributed by atoms with Gasteiger partial charge in [-0.15, -0.1) is 0 Å². The molecule has 3 fully saturated rings. The Morgan fingerprint density at radius 2 is 1.85 bits per heavy atom. The molecule has 0 spiro atoms. The van der Waals surface area contributed by atoms with Crippen molar-refractivity contribution in [1.29, 1.82) is 0 Å². The molecule has 3 aliphatic heterocycles. The minimum absolute atomic E-state index is 0.0318. The van der Waals surface area contributed by atoms with Crippen LogP contribution in [0, 0.1) is 17.8 Å². The van der Waals surface area contributed by atoms with Gasteiger partial charge in [-0.25, -0.2) is 0 Å².